The van der Waals surface area contributed by atoms with Gasteiger partial charge in [0.2, 0.25) is 6.79 Å². The van der Waals surface area contributed by atoms with Crippen LogP contribution in [-0.4, -0.2) is 29.9 Å². The second kappa shape index (κ2) is 9.75. The molecule has 1 aromatic carbocycles. The third kappa shape index (κ3) is 3.84. The van der Waals surface area contributed by atoms with Gasteiger partial charge in [0.05, 0.1) is 11.0 Å². The maximum Gasteiger partial charge on any atom is 0.338 e. The van der Waals surface area contributed by atoms with E-state index in [1.807, 2.05) is 0 Å². The Bertz CT molecular complexity index is 1400. The lowest BCUT2D eigenvalue weighted by Crippen LogP contribution is -2.67. The van der Waals surface area contributed by atoms with E-state index in [0.717, 1.165) is 64.2 Å². The molecule has 7 rings (SSSR count). The van der Waals surface area contributed by atoms with Crippen LogP contribution in [0.15, 0.2) is 30.4 Å². The molecule has 6 nitrogen and oxygen atoms in total. The van der Waals surface area contributed by atoms with Gasteiger partial charge in [0, 0.05) is 5.41 Å². The molecule has 0 spiro atoms. The third-order valence-electron chi connectivity index (χ3n) is 15.3. The first-order chi connectivity index (χ1) is 20.7. The third-order valence-corrected chi connectivity index (χ3v) is 15.3. The molecule has 0 bridgehead atoms. The van der Waals surface area contributed by atoms with Crippen molar-refractivity contribution >= 4 is 11.9 Å². The Balaban J connectivity index is 1.15. The van der Waals surface area contributed by atoms with Crippen molar-refractivity contribution in [2.24, 2.45) is 56.7 Å². The van der Waals surface area contributed by atoms with Crippen LogP contribution >= 0.6 is 0 Å². The highest BCUT2D eigenvalue weighted by molar-refractivity contribution is 5.90. The quantitative estimate of drug-likeness (QED) is 0.274. The van der Waals surface area contributed by atoms with Crippen LogP contribution in [0.2, 0.25) is 0 Å². The zero-order valence-electron chi connectivity index (χ0n) is 27.7. The van der Waals surface area contributed by atoms with Crippen LogP contribution < -0.4 is 9.47 Å². The number of fused-ring (bicyclic) bond motifs is 8. The molecular weight excluding hydrogens is 552 g/mol. The van der Waals surface area contributed by atoms with E-state index < -0.39 is 11.4 Å². The predicted molar refractivity (Wildman–Crippen MR) is 168 cm³/mol. The molecule has 1 aliphatic heterocycles. The summed E-state index contributed by atoms with van der Waals surface area (Å²) in [5.41, 5.74) is 1.37. The lowest BCUT2D eigenvalue weighted by atomic mass is 9.32. The number of hydrogen-bond acceptors (Lipinski definition) is 5. The molecule has 240 valence electrons. The first-order valence-corrected chi connectivity index (χ1v) is 17.2. The Morgan fingerprint density at radius 3 is 2.34 bits per heavy atom. The molecule has 0 amide bonds. The summed E-state index contributed by atoms with van der Waals surface area (Å²) in [5, 5.41) is 10.6. The van der Waals surface area contributed by atoms with Gasteiger partial charge in [-0.2, -0.15) is 0 Å². The van der Waals surface area contributed by atoms with Gasteiger partial charge < -0.3 is 19.3 Å². The second-order valence-corrected chi connectivity index (χ2v) is 17.0. The van der Waals surface area contributed by atoms with Crippen LogP contribution in [-0.2, 0) is 9.53 Å². The summed E-state index contributed by atoms with van der Waals surface area (Å²) >= 11 is 0. The van der Waals surface area contributed by atoms with Gasteiger partial charge in [0.25, 0.3) is 0 Å². The van der Waals surface area contributed by atoms with E-state index in [-0.39, 0.29) is 46.4 Å². The lowest BCUT2D eigenvalue weighted by molar-refractivity contribution is -0.248. The molecule has 0 radical (unpaired) electrons. The SMILES string of the molecule is C=C(C)[C@@H]1CC[C@]2(C(=O)O)CC[C@]3(C)C(CCC4[C@@]5(C)CC[C@H](OC(=O)c6ccc7c(c6)OCO7)C(C)(C)C5CC[C@]43C)C12. The number of esters is 1. The molecule has 10 atom stereocenters. The van der Waals surface area contributed by atoms with Crippen molar-refractivity contribution in [1.82, 2.24) is 0 Å². The Kier molecular flexibility index (Phi) is 6.69. The van der Waals surface area contributed by atoms with Gasteiger partial charge in [-0.1, -0.05) is 46.8 Å². The Labute approximate surface area is 263 Å². The number of carbonyl (C=O) groups excluding carboxylic acids is 1. The summed E-state index contributed by atoms with van der Waals surface area (Å²) in [6.45, 7) is 19.1. The summed E-state index contributed by atoms with van der Waals surface area (Å²) in [5.74, 6) is 2.37. The van der Waals surface area contributed by atoms with Crippen molar-refractivity contribution in [3.8, 4) is 11.5 Å². The first-order valence-electron chi connectivity index (χ1n) is 17.2. The summed E-state index contributed by atoms with van der Waals surface area (Å²) in [7, 11) is 0. The number of rotatable bonds is 4. The summed E-state index contributed by atoms with van der Waals surface area (Å²) < 4.78 is 17.3. The van der Waals surface area contributed by atoms with E-state index in [2.05, 4.69) is 48.1 Å². The molecule has 1 aromatic rings. The highest BCUT2D eigenvalue weighted by atomic mass is 16.7. The molecule has 5 fully saturated rings. The average molecular weight is 605 g/mol. The van der Waals surface area contributed by atoms with Gasteiger partial charge in [0.15, 0.2) is 11.5 Å². The van der Waals surface area contributed by atoms with Gasteiger partial charge in [-0.05, 0) is 135 Å². The molecule has 1 heterocycles. The molecule has 6 heteroatoms. The number of carbonyl (C=O) groups is 2. The standard InChI is InChI=1S/C38H52O6/c1-22(2)24-12-17-38(33(40)41)19-18-36(6)25(31(24)38)9-11-29-35(5)15-14-30(34(3,4)28(35)13-16-37(29,36)7)44-32(39)23-8-10-26-27(20-23)43-21-42-26/h8,10,20,24-25,28-31H,1,9,11-19,21H2,2-7H3,(H,40,41)/t24-,25?,28?,29?,30-,31?,35-,36+,37+,38-/m0/s1. The van der Waals surface area contributed by atoms with Crippen LogP contribution in [0.5, 0.6) is 11.5 Å². The average Bonchev–Trinajstić information content (AvgIpc) is 3.60. The fraction of sp³-hybridized carbons (Fsp3) is 0.737. The van der Waals surface area contributed by atoms with Gasteiger partial charge in [-0.25, -0.2) is 4.79 Å². The smallest absolute Gasteiger partial charge is 0.338 e. The molecule has 5 aliphatic carbocycles. The van der Waals surface area contributed by atoms with E-state index in [4.69, 9.17) is 14.2 Å². The molecule has 5 saturated carbocycles. The van der Waals surface area contributed by atoms with Crippen molar-refractivity contribution < 1.29 is 28.9 Å². The van der Waals surface area contributed by atoms with E-state index >= 15 is 0 Å². The van der Waals surface area contributed by atoms with E-state index in [1.165, 1.54) is 5.57 Å². The number of benzene rings is 1. The Morgan fingerprint density at radius 1 is 0.864 bits per heavy atom. The highest BCUT2D eigenvalue weighted by Gasteiger charge is 2.72. The molecule has 0 saturated heterocycles. The van der Waals surface area contributed by atoms with Gasteiger partial charge >= 0.3 is 11.9 Å². The van der Waals surface area contributed by atoms with Gasteiger partial charge in [-0.15, -0.1) is 0 Å². The van der Waals surface area contributed by atoms with Crippen LogP contribution in [0.25, 0.3) is 0 Å². The minimum absolute atomic E-state index is 0.109. The van der Waals surface area contributed by atoms with Crippen molar-refractivity contribution in [3.63, 3.8) is 0 Å². The molecule has 0 aromatic heterocycles. The normalized spacial score (nSPS) is 44.9. The van der Waals surface area contributed by atoms with Gasteiger partial charge in [-0.3, -0.25) is 4.79 Å². The topological polar surface area (TPSA) is 82.1 Å². The number of aliphatic carboxylic acids is 1. The minimum Gasteiger partial charge on any atom is -0.481 e. The number of carboxylic acid groups (broad SMARTS) is 1. The van der Waals surface area contributed by atoms with Crippen molar-refractivity contribution in [2.45, 2.75) is 112 Å². The van der Waals surface area contributed by atoms with Crippen LogP contribution in [0, 0.1) is 56.7 Å². The molecule has 1 N–H and O–H groups in total. The molecule has 6 aliphatic rings. The molecule has 44 heavy (non-hydrogen) atoms. The van der Waals surface area contributed by atoms with Crippen LogP contribution in [0.3, 0.4) is 0 Å². The highest BCUT2D eigenvalue weighted by Crippen LogP contribution is 2.77. The van der Waals surface area contributed by atoms with Crippen LogP contribution in [0.1, 0.15) is 116 Å². The van der Waals surface area contributed by atoms with Crippen molar-refractivity contribution in [3.05, 3.63) is 35.9 Å². The predicted octanol–water partition coefficient (Wildman–Crippen LogP) is 8.68. The minimum atomic E-state index is -0.583. The fourth-order valence-corrected chi connectivity index (χ4v) is 12.9. The van der Waals surface area contributed by atoms with E-state index in [1.54, 1.807) is 18.2 Å². The van der Waals surface area contributed by atoms with E-state index in [0.29, 0.717) is 40.7 Å². The summed E-state index contributed by atoms with van der Waals surface area (Å²) in [6.07, 6.45) is 9.92. The Morgan fingerprint density at radius 2 is 1.61 bits per heavy atom. The first kappa shape index (κ1) is 30.2. The van der Waals surface area contributed by atoms with Crippen LogP contribution in [0.4, 0.5) is 0 Å². The zero-order chi connectivity index (χ0) is 31.4. The second-order valence-electron chi connectivity index (χ2n) is 17.0. The number of carboxylic acids is 1. The lowest BCUT2D eigenvalue weighted by Gasteiger charge is -2.72. The number of ether oxygens (including phenoxy) is 3. The van der Waals surface area contributed by atoms with E-state index in [9.17, 15) is 14.7 Å². The summed E-state index contributed by atoms with van der Waals surface area (Å²) in [4.78, 5) is 26.3. The largest absolute Gasteiger partial charge is 0.481 e. The monoisotopic (exact) mass is 604 g/mol. The van der Waals surface area contributed by atoms with Gasteiger partial charge in [0.1, 0.15) is 6.10 Å². The number of allylic oxidation sites excluding steroid dienone is 1. The number of hydrogen-bond donors (Lipinski definition) is 1. The van der Waals surface area contributed by atoms with Crippen molar-refractivity contribution in [2.75, 3.05) is 6.79 Å². The zero-order valence-corrected chi connectivity index (χ0v) is 27.7. The molecule has 4 unspecified atom stereocenters. The maximum absolute atomic E-state index is 13.4. The molecular formula is C38H52O6. The van der Waals surface area contributed by atoms with Crippen molar-refractivity contribution in [1.29, 1.82) is 0 Å². The summed E-state index contributed by atoms with van der Waals surface area (Å²) in [6, 6.07) is 5.30. The Hall–Kier alpha value is -2.50. The maximum atomic E-state index is 13.4. The fourth-order valence-electron chi connectivity index (χ4n) is 12.9.